The maximum absolute atomic E-state index is 11.0. The first-order valence-corrected chi connectivity index (χ1v) is 4.10. The second-order valence-corrected chi connectivity index (χ2v) is 3.32. The van der Waals surface area contributed by atoms with Crippen molar-refractivity contribution < 1.29 is 9.53 Å². The number of carbonyl (C=O) groups excluding carboxylic acids is 1. The van der Waals surface area contributed by atoms with Crippen molar-refractivity contribution in [2.45, 2.75) is 26.3 Å². The molecule has 1 heterocycles. The van der Waals surface area contributed by atoms with Gasteiger partial charge in [0.05, 0.1) is 6.61 Å². The number of nitrogens with one attached hydrogen (secondary N) is 1. The highest BCUT2D eigenvalue weighted by molar-refractivity contribution is 5.76. The highest BCUT2D eigenvalue weighted by Crippen LogP contribution is 2.04. The molecule has 11 heavy (non-hydrogen) atoms. The summed E-state index contributed by atoms with van der Waals surface area (Å²) in [6, 6.07) is -0.0197. The molecule has 0 bridgehead atoms. The summed E-state index contributed by atoms with van der Waals surface area (Å²) in [5.41, 5.74) is 0. The molecular weight excluding hydrogens is 142 g/mol. The van der Waals surface area contributed by atoms with Crippen molar-refractivity contribution >= 4 is 5.97 Å². The van der Waals surface area contributed by atoms with E-state index in [0.29, 0.717) is 12.5 Å². The molecule has 0 spiro atoms. The number of esters is 1. The van der Waals surface area contributed by atoms with Crippen LogP contribution in [0.4, 0.5) is 0 Å². The van der Waals surface area contributed by atoms with E-state index in [1.54, 1.807) is 0 Å². The molecule has 0 aromatic carbocycles. The number of carbonyl (C=O) groups is 1. The lowest BCUT2D eigenvalue weighted by Gasteiger charge is -2.25. The molecule has 1 aliphatic rings. The Morgan fingerprint density at radius 2 is 2.36 bits per heavy atom. The second kappa shape index (κ2) is 3.72. The first-order valence-electron chi connectivity index (χ1n) is 4.10. The Hall–Kier alpha value is -0.570. The molecule has 1 rings (SSSR count). The number of ether oxygens (including phenoxy) is 1. The number of hydrogen-bond acceptors (Lipinski definition) is 3. The average Bonchev–Trinajstić information content (AvgIpc) is 1.79. The van der Waals surface area contributed by atoms with Gasteiger partial charge in [0, 0.05) is 0 Å². The molecule has 0 saturated carbocycles. The molecule has 64 valence electrons. The maximum atomic E-state index is 11.0. The third kappa shape index (κ3) is 2.50. The van der Waals surface area contributed by atoms with Crippen LogP contribution in [0.3, 0.4) is 0 Å². The largest absolute Gasteiger partial charge is 0.464 e. The molecule has 0 radical (unpaired) electrons. The Morgan fingerprint density at radius 1 is 1.73 bits per heavy atom. The molecule has 0 unspecified atom stereocenters. The SMILES string of the molecule is CC(C)COC(=O)[C@H]1CCN1. The van der Waals surface area contributed by atoms with E-state index in [1.807, 2.05) is 13.8 Å². The Morgan fingerprint density at radius 3 is 2.73 bits per heavy atom. The Labute approximate surface area is 67.1 Å². The fourth-order valence-corrected chi connectivity index (χ4v) is 0.839. The van der Waals surface area contributed by atoms with Gasteiger partial charge in [-0.3, -0.25) is 4.79 Å². The van der Waals surface area contributed by atoms with Crippen molar-refractivity contribution in [3.05, 3.63) is 0 Å². The highest BCUT2D eigenvalue weighted by atomic mass is 16.5. The lowest BCUT2D eigenvalue weighted by molar-refractivity contribution is -0.149. The van der Waals surface area contributed by atoms with Gasteiger partial charge in [0.15, 0.2) is 0 Å². The van der Waals surface area contributed by atoms with Gasteiger partial charge < -0.3 is 10.1 Å². The van der Waals surface area contributed by atoms with Crippen molar-refractivity contribution in [3.8, 4) is 0 Å². The first kappa shape index (κ1) is 8.53. The smallest absolute Gasteiger partial charge is 0.323 e. The van der Waals surface area contributed by atoms with Crippen LogP contribution in [0.25, 0.3) is 0 Å². The molecular formula is C8H15NO2. The van der Waals surface area contributed by atoms with Crippen LogP contribution in [0, 0.1) is 5.92 Å². The zero-order valence-corrected chi connectivity index (χ0v) is 7.09. The molecule has 0 aliphatic carbocycles. The summed E-state index contributed by atoms with van der Waals surface area (Å²) in [6.45, 7) is 5.54. The van der Waals surface area contributed by atoms with Gasteiger partial charge in [0.25, 0.3) is 0 Å². The van der Waals surface area contributed by atoms with Gasteiger partial charge in [-0.25, -0.2) is 0 Å². The summed E-state index contributed by atoms with van der Waals surface area (Å²) in [5.74, 6) is 0.337. The monoisotopic (exact) mass is 157 g/mol. The van der Waals surface area contributed by atoms with Crippen LogP contribution in [-0.4, -0.2) is 25.2 Å². The molecule has 0 amide bonds. The van der Waals surface area contributed by atoms with Crippen LogP contribution in [0.2, 0.25) is 0 Å². The van der Waals surface area contributed by atoms with Crippen molar-refractivity contribution in [1.82, 2.24) is 5.32 Å². The van der Waals surface area contributed by atoms with Crippen LogP contribution in [0.15, 0.2) is 0 Å². The van der Waals surface area contributed by atoms with E-state index < -0.39 is 0 Å². The van der Waals surface area contributed by atoms with Gasteiger partial charge in [-0.05, 0) is 18.9 Å². The molecule has 0 aromatic rings. The fourth-order valence-electron chi connectivity index (χ4n) is 0.839. The normalized spacial score (nSPS) is 23.0. The van der Waals surface area contributed by atoms with Crippen molar-refractivity contribution in [2.24, 2.45) is 5.92 Å². The Balaban J connectivity index is 2.10. The Bertz CT molecular complexity index is 141. The zero-order valence-electron chi connectivity index (χ0n) is 7.09. The van der Waals surface area contributed by atoms with E-state index in [-0.39, 0.29) is 12.0 Å². The Kier molecular flexibility index (Phi) is 2.88. The van der Waals surface area contributed by atoms with Gasteiger partial charge >= 0.3 is 5.97 Å². The van der Waals surface area contributed by atoms with Gasteiger partial charge in [0.2, 0.25) is 0 Å². The molecule has 1 atom stereocenters. The topological polar surface area (TPSA) is 38.3 Å². The van der Waals surface area contributed by atoms with Gasteiger partial charge in [-0.1, -0.05) is 13.8 Å². The maximum Gasteiger partial charge on any atom is 0.323 e. The predicted octanol–water partition coefficient (Wildman–Crippen LogP) is 0.547. The van der Waals surface area contributed by atoms with Gasteiger partial charge in [-0.15, -0.1) is 0 Å². The summed E-state index contributed by atoms with van der Waals surface area (Å²) >= 11 is 0. The molecule has 1 fully saturated rings. The third-order valence-electron chi connectivity index (χ3n) is 1.67. The molecule has 1 saturated heterocycles. The minimum atomic E-state index is -0.0926. The van der Waals surface area contributed by atoms with E-state index in [2.05, 4.69) is 5.32 Å². The standard InChI is InChI=1S/C8H15NO2/c1-6(2)5-11-8(10)7-3-4-9-7/h6-7,9H,3-5H2,1-2H3/t7-/m1/s1. The summed E-state index contributed by atoms with van der Waals surface area (Å²) in [4.78, 5) is 11.0. The summed E-state index contributed by atoms with van der Waals surface area (Å²) in [6.07, 6.45) is 0.928. The van der Waals surface area contributed by atoms with E-state index in [4.69, 9.17) is 4.74 Å². The van der Waals surface area contributed by atoms with Crippen LogP contribution in [-0.2, 0) is 9.53 Å². The number of rotatable bonds is 3. The van der Waals surface area contributed by atoms with E-state index in [0.717, 1.165) is 13.0 Å². The van der Waals surface area contributed by atoms with Gasteiger partial charge in [0.1, 0.15) is 6.04 Å². The van der Waals surface area contributed by atoms with Crippen LogP contribution >= 0.6 is 0 Å². The van der Waals surface area contributed by atoms with Crippen molar-refractivity contribution in [2.75, 3.05) is 13.2 Å². The van der Waals surface area contributed by atoms with Crippen LogP contribution < -0.4 is 5.32 Å². The predicted molar refractivity (Wildman–Crippen MR) is 42.2 cm³/mol. The molecule has 3 nitrogen and oxygen atoms in total. The van der Waals surface area contributed by atoms with Crippen LogP contribution in [0.5, 0.6) is 0 Å². The average molecular weight is 157 g/mol. The molecule has 1 N–H and O–H groups in total. The van der Waals surface area contributed by atoms with Gasteiger partial charge in [-0.2, -0.15) is 0 Å². The molecule has 3 heteroatoms. The third-order valence-corrected chi connectivity index (χ3v) is 1.67. The van der Waals surface area contributed by atoms with E-state index >= 15 is 0 Å². The zero-order chi connectivity index (χ0) is 8.27. The molecule has 1 aliphatic heterocycles. The first-order chi connectivity index (χ1) is 5.20. The van der Waals surface area contributed by atoms with Crippen LogP contribution in [0.1, 0.15) is 20.3 Å². The summed E-state index contributed by atoms with van der Waals surface area (Å²) in [5, 5.41) is 2.99. The van der Waals surface area contributed by atoms with E-state index in [1.165, 1.54) is 0 Å². The van der Waals surface area contributed by atoms with Crippen molar-refractivity contribution in [3.63, 3.8) is 0 Å². The fraction of sp³-hybridized carbons (Fsp3) is 0.875. The lowest BCUT2D eigenvalue weighted by Crippen LogP contribution is -2.49. The quantitative estimate of drug-likeness (QED) is 0.608. The van der Waals surface area contributed by atoms with Crippen molar-refractivity contribution in [1.29, 1.82) is 0 Å². The minimum Gasteiger partial charge on any atom is -0.464 e. The summed E-state index contributed by atoms with van der Waals surface area (Å²) in [7, 11) is 0. The second-order valence-electron chi connectivity index (χ2n) is 3.32. The number of hydrogen-bond donors (Lipinski definition) is 1. The van der Waals surface area contributed by atoms with E-state index in [9.17, 15) is 4.79 Å². The lowest BCUT2D eigenvalue weighted by atomic mass is 10.1. The molecule has 0 aromatic heterocycles. The highest BCUT2D eigenvalue weighted by Gasteiger charge is 2.25. The minimum absolute atomic E-state index is 0.0197. The summed E-state index contributed by atoms with van der Waals surface area (Å²) < 4.78 is 5.01.